The summed E-state index contributed by atoms with van der Waals surface area (Å²) >= 11 is 0. The standard InChI is InChI=1S/C33H39F2N3O3/c1-22(2)26-10-7-11-27(17-26)33(12-13-38(32(41)19-33)21-24-8-5-4-6-9-24)36-20-31(40)30(37-23(3)39)16-25-14-28(34)18-29(35)15-25/h4-11,14-15,17-18,22,30-31,36,40H,12-13,16,19-21H2,1-3H3,(H,37,39)/t30-,31+,33-/m0/s1. The van der Waals surface area contributed by atoms with Gasteiger partial charge in [-0.2, -0.15) is 0 Å². The first-order chi connectivity index (χ1) is 19.5. The molecule has 3 aromatic rings. The molecule has 0 aliphatic carbocycles. The van der Waals surface area contributed by atoms with Crippen molar-refractivity contribution >= 4 is 11.8 Å². The molecule has 6 nitrogen and oxygen atoms in total. The van der Waals surface area contributed by atoms with Gasteiger partial charge in [-0.3, -0.25) is 9.59 Å². The van der Waals surface area contributed by atoms with Crippen molar-refractivity contribution in [3.8, 4) is 0 Å². The predicted octanol–water partition coefficient (Wildman–Crippen LogP) is 4.80. The van der Waals surface area contributed by atoms with E-state index in [0.29, 0.717) is 31.0 Å². The summed E-state index contributed by atoms with van der Waals surface area (Å²) in [5, 5.41) is 17.5. The summed E-state index contributed by atoms with van der Waals surface area (Å²) in [5.74, 6) is -1.51. The number of likely N-dealkylation sites (tertiary alicyclic amines) is 1. The second-order valence-electron chi connectivity index (χ2n) is 11.3. The normalized spacial score (nSPS) is 18.8. The van der Waals surface area contributed by atoms with Crippen LogP contribution in [0.5, 0.6) is 0 Å². The molecule has 1 saturated heterocycles. The third-order valence-corrected chi connectivity index (χ3v) is 7.82. The van der Waals surface area contributed by atoms with E-state index in [9.17, 15) is 23.5 Å². The van der Waals surface area contributed by atoms with Gasteiger partial charge in [0.15, 0.2) is 0 Å². The largest absolute Gasteiger partial charge is 0.390 e. The van der Waals surface area contributed by atoms with Gasteiger partial charge < -0.3 is 20.6 Å². The van der Waals surface area contributed by atoms with Gasteiger partial charge in [-0.25, -0.2) is 8.78 Å². The van der Waals surface area contributed by atoms with Crippen LogP contribution in [0.15, 0.2) is 72.8 Å². The topological polar surface area (TPSA) is 81.7 Å². The number of rotatable bonds is 11. The molecule has 3 N–H and O–H groups in total. The van der Waals surface area contributed by atoms with Crippen molar-refractivity contribution in [1.82, 2.24) is 15.5 Å². The Morgan fingerprint density at radius 3 is 2.34 bits per heavy atom. The summed E-state index contributed by atoms with van der Waals surface area (Å²) in [6.07, 6.45) is -0.224. The molecule has 2 amide bonds. The number of halogens is 2. The van der Waals surface area contributed by atoms with Crippen LogP contribution < -0.4 is 10.6 Å². The Balaban J connectivity index is 1.56. The molecule has 1 fully saturated rings. The minimum absolute atomic E-state index is 0.00527. The SMILES string of the molecule is CC(=O)N[C@@H](Cc1cc(F)cc(F)c1)[C@H](O)CN[C@@]1(c2cccc(C(C)C)c2)CCN(Cc2ccccc2)C(=O)C1. The average Bonchev–Trinajstić information content (AvgIpc) is 2.92. The van der Waals surface area contributed by atoms with Gasteiger partial charge in [0.25, 0.3) is 0 Å². The van der Waals surface area contributed by atoms with Crippen molar-refractivity contribution in [3.05, 3.63) is 107 Å². The van der Waals surface area contributed by atoms with E-state index < -0.39 is 29.3 Å². The fraction of sp³-hybridized carbons (Fsp3) is 0.394. The Kier molecular flexibility index (Phi) is 9.89. The van der Waals surface area contributed by atoms with Gasteiger partial charge >= 0.3 is 0 Å². The summed E-state index contributed by atoms with van der Waals surface area (Å²) < 4.78 is 27.7. The monoisotopic (exact) mass is 563 g/mol. The number of hydrogen-bond acceptors (Lipinski definition) is 4. The van der Waals surface area contributed by atoms with Gasteiger partial charge in [0.05, 0.1) is 17.7 Å². The van der Waals surface area contributed by atoms with Crippen LogP contribution in [0.2, 0.25) is 0 Å². The zero-order valence-corrected chi connectivity index (χ0v) is 23.9. The van der Waals surface area contributed by atoms with E-state index >= 15 is 0 Å². The molecule has 4 rings (SSSR count). The second-order valence-corrected chi connectivity index (χ2v) is 11.3. The Hall–Kier alpha value is -3.62. The van der Waals surface area contributed by atoms with E-state index in [2.05, 4.69) is 36.6 Å². The van der Waals surface area contributed by atoms with Crippen molar-refractivity contribution in [1.29, 1.82) is 0 Å². The Labute approximate surface area is 240 Å². The highest BCUT2D eigenvalue weighted by Gasteiger charge is 2.41. The molecule has 0 saturated carbocycles. The van der Waals surface area contributed by atoms with E-state index in [0.717, 1.165) is 22.8 Å². The van der Waals surface area contributed by atoms with Gasteiger partial charge in [0, 0.05) is 39.0 Å². The maximum Gasteiger partial charge on any atom is 0.225 e. The number of carbonyl (C=O) groups is 2. The van der Waals surface area contributed by atoms with E-state index in [1.165, 1.54) is 19.1 Å². The van der Waals surface area contributed by atoms with Crippen LogP contribution >= 0.6 is 0 Å². The highest BCUT2D eigenvalue weighted by atomic mass is 19.1. The molecule has 218 valence electrons. The molecule has 1 aliphatic heterocycles. The van der Waals surface area contributed by atoms with Crippen LogP contribution in [0.1, 0.15) is 61.8 Å². The van der Waals surface area contributed by atoms with Crippen molar-refractivity contribution in [2.45, 2.75) is 70.2 Å². The van der Waals surface area contributed by atoms with Crippen LogP contribution in [-0.4, -0.2) is 47.1 Å². The van der Waals surface area contributed by atoms with Gasteiger partial charge in [0.2, 0.25) is 11.8 Å². The summed E-state index contributed by atoms with van der Waals surface area (Å²) in [5.41, 5.74) is 2.76. The van der Waals surface area contributed by atoms with E-state index in [1.54, 1.807) is 0 Å². The zero-order valence-electron chi connectivity index (χ0n) is 23.9. The number of piperidine rings is 1. The number of aliphatic hydroxyl groups is 1. The summed E-state index contributed by atoms with van der Waals surface area (Å²) in [6.45, 7) is 6.67. The van der Waals surface area contributed by atoms with Gasteiger partial charge in [-0.05, 0) is 53.1 Å². The molecule has 3 aromatic carbocycles. The predicted molar refractivity (Wildman–Crippen MR) is 155 cm³/mol. The van der Waals surface area contributed by atoms with E-state index in [1.807, 2.05) is 47.4 Å². The summed E-state index contributed by atoms with van der Waals surface area (Å²) in [6, 6.07) is 20.4. The Bertz CT molecular complexity index is 1330. The highest BCUT2D eigenvalue weighted by molar-refractivity contribution is 5.79. The third-order valence-electron chi connectivity index (χ3n) is 7.82. The number of hydrogen-bond donors (Lipinski definition) is 3. The van der Waals surface area contributed by atoms with Crippen molar-refractivity contribution in [2.24, 2.45) is 0 Å². The molecule has 1 aliphatic rings. The van der Waals surface area contributed by atoms with Crippen LogP contribution in [0.25, 0.3) is 0 Å². The van der Waals surface area contributed by atoms with E-state index in [4.69, 9.17) is 0 Å². The van der Waals surface area contributed by atoms with Crippen LogP contribution in [0.3, 0.4) is 0 Å². The molecule has 0 aromatic heterocycles. The fourth-order valence-corrected chi connectivity index (χ4v) is 5.54. The number of nitrogens with one attached hydrogen (secondary N) is 2. The number of aliphatic hydroxyl groups excluding tert-OH is 1. The molecule has 0 unspecified atom stereocenters. The first-order valence-electron chi connectivity index (χ1n) is 14.1. The average molecular weight is 564 g/mol. The number of amides is 2. The highest BCUT2D eigenvalue weighted by Crippen LogP contribution is 2.35. The van der Waals surface area contributed by atoms with Crippen molar-refractivity contribution in [3.63, 3.8) is 0 Å². The van der Waals surface area contributed by atoms with Gasteiger partial charge in [0.1, 0.15) is 11.6 Å². The van der Waals surface area contributed by atoms with E-state index in [-0.39, 0.29) is 31.2 Å². The molecule has 1 heterocycles. The quantitative estimate of drug-likeness (QED) is 0.313. The number of carbonyl (C=O) groups excluding carboxylic acids is 2. The Morgan fingerprint density at radius 1 is 1.00 bits per heavy atom. The lowest BCUT2D eigenvalue weighted by atomic mass is 9.79. The first-order valence-corrected chi connectivity index (χ1v) is 14.1. The molecular formula is C33H39F2N3O3. The maximum atomic E-state index is 13.8. The summed E-state index contributed by atoms with van der Waals surface area (Å²) in [4.78, 5) is 27.4. The second kappa shape index (κ2) is 13.4. The fourth-order valence-electron chi connectivity index (χ4n) is 5.54. The molecule has 3 atom stereocenters. The molecule has 0 spiro atoms. The van der Waals surface area contributed by atoms with Crippen LogP contribution in [0.4, 0.5) is 8.78 Å². The number of nitrogens with zero attached hydrogens (tertiary/aromatic N) is 1. The first kappa shape index (κ1) is 30.3. The minimum atomic E-state index is -1.09. The van der Waals surface area contributed by atoms with Crippen molar-refractivity contribution in [2.75, 3.05) is 13.1 Å². The number of benzene rings is 3. The van der Waals surface area contributed by atoms with Gasteiger partial charge in [-0.1, -0.05) is 68.4 Å². The maximum absolute atomic E-state index is 13.8. The molecule has 41 heavy (non-hydrogen) atoms. The minimum Gasteiger partial charge on any atom is -0.390 e. The van der Waals surface area contributed by atoms with Crippen LogP contribution in [0, 0.1) is 11.6 Å². The van der Waals surface area contributed by atoms with Gasteiger partial charge in [-0.15, -0.1) is 0 Å². The Morgan fingerprint density at radius 2 is 1.71 bits per heavy atom. The lowest BCUT2D eigenvalue weighted by Crippen LogP contribution is -2.57. The smallest absolute Gasteiger partial charge is 0.225 e. The third kappa shape index (κ3) is 7.99. The molecular weight excluding hydrogens is 524 g/mol. The molecule has 0 bridgehead atoms. The van der Waals surface area contributed by atoms with Crippen molar-refractivity contribution < 1.29 is 23.5 Å². The lowest BCUT2D eigenvalue weighted by Gasteiger charge is -2.43. The molecule has 0 radical (unpaired) electrons. The summed E-state index contributed by atoms with van der Waals surface area (Å²) in [7, 11) is 0. The lowest BCUT2D eigenvalue weighted by molar-refractivity contribution is -0.137. The molecule has 8 heteroatoms. The zero-order chi connectivity index (χ0) is 29.6. The van der Waals surface area contributed by atoms with Crippen LogP contribution in [-0.2, 0) is 28.1 Å².